The van der Waals surface area contributed by atoms with Crippen LogP contribution in [-0.4, -0.2) is 29.8 Å². The van der Waals surface area contributed by atoms with Crippen molar-refractivity contribution in [2.45, 2.75) is 31.5 Å². The number of rotatable bonds is 4. The van der Waals surface area contributed by atoms with Gasteiger partial charge in [-0.05, 0) is 43.7 Å². The second-order valence-corrected chi connectivity index (χ2v) is 8.74. The molecule has 1 atom stereocenters. The van der Waals surface area contributed by atoms with E-state index in [2.05, 4.69) is 9.98 Å². The van der Waals surface area contributed by atoms with Gasteiger partial charge in [0.05, 0.1) is 0 Å². The molecule has 1 aromatic heterocycles. The Morgan fingerprint density at radius 2 is 2.00 bits per heavy atom. The molecular weight excluding hydrogens is 428 g/mol. The quantitative estimate of drug-likeness (QED) is 0.597. The van der Waals surface area contributed by atoms with Gasteiger partial charge >= 0.3 is 0 Å². The molecule has 0 bridgehead atoms. The van der Waals surface area contributed by atoms with Gasteiger partial charge in [0.15, 0.2) is 17.2 Å². The van der Waals surface area contributed by atoms with Crippen LogP contribution in [-0.2, 0) is 10.3 Å². The van der Waals surface area contributed by atoms with E-state index in [9.17, 15) is 4.39 Å². The number of halogens is 2. The van der Waals surface area contributed by atoms with Crippen molar-refractivity contribution >= 4 is 6.02 Å². The number of nitrogens with two attached hydrogens (primary N) is 1. The van der Waals surface area contributed by atoms with Gasteiger partial charge in [-0.3, -0.25) is 4.98 Å². The number of hydrogen-bond acceptors (Lipinski definition) is 6. The van der Waals surface area contributed by atoms with Crippen molar-refractivity contribution in [2.75, 3.05) is 13.2 Å². The van der Waals surface area contributed by atoms with Crippen LogP contribution in [0.4, 0.5) is 8.78 Å². The number of nitrogens with zero attached hydrogens (tertiary/aromatic N) is 2. The zero-order valence-electron chi connectivity index (χ0n) is 18.3. The first-order valence-corrected chi connectivity index (χ1v) is 10.6. The molecule has 0 radical (unpaired) electrons. The molecule has 6 nitrogen and oxygen atoms in total. The van der Waals surface area contributed by atoms with E-state index in [0.717, 1.165) is 11.1 Å². The summed E-state index contributed by atoms with van der Waals surface area (Å²) in [5, 5.41) is 0. The van der Waals surface area contributed by atoms with Crippen LogP contribution in [0.5, 0.6) is 17.2 Å². The van der Waals surface area contributed by atoms with E-state index < -0.39 is 17.1 Å². The van der Waals surface area contributed by atoms with Crippen LogP contribution in [0.3, 0.4) is 0 Å². The van der Waals surface area contributed by atoms with Crippen LogP contribution in [0.25, 0.3) is 11.1 Å². The lowest BCUT2D eigenvalue weighted by atomic mass is 9.79. The van der Waals surface area contributed by atoms with Crippen LogP contribution in [0, 0.1) is 5.82 Å². The fourth-order valence-corrected chi connectivity index (χ4v) is 4.18. The number of fused-ring (bicyclic) bond motifs is 4. The highest BCUT2D eigenvalue weighted by Gasteiger charge is 2.48. The predicted octanol–water partition coefficient (Wildman–Crippen LogP) is 5.10. The van der Waals surface area contributed by atoms with Crippen molar-refractivity contribution in [1.82, 2.24) is 4.98 Å². The van der Waals surface area contributed by atoms with Gasteiger partial charge in [-0.25, -0.2) is 13.8 Å². The molecule has 2 aliphatic heterocycles. The first-order valence-electron chi connectivity index (χ1n) is 10.6. The second kappa shape index (κ2) is 7.72. The standard InChI is InChI=1S/C25H23F2N3O3/c1-24(2,27)14-31-17-11-19-22(20(26)12-17)32-21-6-5-15(16-4-3-8-29-13-16)10-18(21)25(19)7-9-30-23(28)33-25/h3-6,8,10-13H,7,9,14H2,1-2H3,(H2,28,30)/t25-/m0/s1. The highest BCUT2D eigenvalue weighted by atomic mass is 19.1. The molecule has 33 heavy (non-hydrogen) atoms. The first kappa shape index (κ1) is 21.2. The third-order valence-corrected chi connectivity index (χ3v) is 5.67. The Hall–Kier alpha value is -3.68. The molecular formula is C25H23F2N3O3. The van der Waals surface area contributed by atoms with E-state index in [1.807, 2.05) is 24.3 Å². The molecule has 1 spiro atoms. The normalized spacial score (nSPS) is 19.1. The fourth-order valence-electron chi connectivity index (χ4n) is 4.18. The summed E-state index contributed by atoms with van der Waals surface area (Å²) in [6.45, 7) is 2.94. The number of benzene rings is 2. The molecule has 2 aromatic carbocycles. The smallest absolute Gasteiger partial charge is 0.283 e. The Morgan fingerprint density at radius 3 is 2.73 bits per heavy atom. The summed E-state index contributed by atoms with van der Waals surface area (Å²) < 4.78 is 46.9. The Balaban J connectivity index is 1.67. The van der Waals surface area contributed by atoms with Crippen LogP contribution >= 0.6 is 0 Å². The maximum Gasteiger partial charge on any atom is 0.283 e. The molecule has 8 heteroatoms. The Kier molecular flexibility index (Phi) is 4.96. The molecule has 0 fully saturated rings. The van der Waals surface area contributed by atoms with Crippen molar-refractivity contribution < 1.29 is 23.0 Å². The van der Waals surface area contributed by atoms with Crippen molar-refractivity contribution in [3.63, 3.8) is 0 Å². The van der Waals surface area contributed by atoms with Gasteiger partial charge in [-0.1, -0.05) is 12.1 Å². The van der Waals surface area contributed by atoms with E-state index in [4.69, 9.17) is 19.9 Å². The molecule has 0 aliphatic carbocycles. The Morgan fingerprint density at radius 1 is 1.15 bits per heavy atom. The number of ether oxygens (including phenoxy) is 3. The molecule has 5 rings (SSSR count). The Bertz CT molecular complexity index is 1240. The molecule has 3 aromatic rings. The van der Waals surface area contributed by atoms with Crippen LogP contribution in [0.1, 0.15) is 31.4 Å². The van der Waals surface area contributed by atoms with Crippen LogP contribution in [0.2, 0.25) is 0 Å². The fraction of sp³-hybridized carbons (Fsp3) is 0.280. The molecule has 3 heterocycles. The molecule has 0 amide bonds. The largest absolute Gasteiger partial charge is 0.490 e. The van der Waals surface area contributed by atoms with Gasteiger partial charge in [0.2, 0.25) is 0 Å². The summed E-state index contributed by atoms with van der Waals surface area (Å²) in [5.41, 5.74) is 6.19. The summed E-state index contributed by atoms with van der Waals surface area (Å²) >= 11 is 0. The zero-order chi connectivity index (χ0) is 23.2. The number of alkyl halides is 1. The van der Waals surface area contributed by atoms with E-state index in [-0.39, 0.29) is 24.1 Å². The predicted molar refractivity (Wildman–Crippen MR) is 120 cm³/mol. The number of aromatic nitrogens is 1. The lowest BCUT2D eigenvalue weighted by Gasteiger charge is -2.41. The minimum absolute atomic E-state index is 0.00320. The third-order valence-electron chi connectivity index (χ3n) is 5.67. The van der Waals surface area contributed by atoms with Gasteiger partial charge in [0.25, 0.3) is 6.02 Å². The number of pyridine rings is 1. The van der Waals surface area contributed by atoms with Crippen molar-refractivity contribution in [2.24, 2.45) is 10.7 Å². The third kappa shape index (κ3) is 3.86. The number of hydrogen-bond donors (Lipinski definition) is 1. The summed E-state index contributed by atoms with van der Waals surface area (Å²) in [4.78, 5) is 8.36. The summed E-state index contributed by atoms with van der Waals surface area (Å²) in [6, 6.07) is 12.2. The first-order chi connectivity index (χ1) is 15.7. The monoisotopic (exact) mass is 451 g/mol. The minimum Gasteiger partial charge on any atom is -0.490 e. The lowest BCUT2D eigenvalue weighted by molar-refractivity contribution is 0.0619. The highest BCUT2D eigenvalue weighted by molar-refractivity contribution is 5.76. The molecule has 0 saturated heterocycles. The van der Waals surface area contributed by atoms with Crippen molar-refractivity contribution in [3.8, 4) is 28.4 Å². The molecule has 2 aliphatic rings. The number of amidine groups is 1. The van der Waals surface area contributed by atoms with Crippen LogP contribution < -0.4 is 15.2 Å². The Labute approximate surface area is 190 Å². The number of aliphatic imine (C=N–C) groups is 1. The highest BCUT2D eigenvalue weighted by Crippen LogP contribution is 2.54. The maximum atomic E-state index is 15.2. The average Bonchev–Trinajstić information content (AvgIpc) is 2.79. The lowest BCUT2D eigenvalue weighted by Crippen LogP contribution is -2.42. The molecule has 2 N–H and O–H groups in total. The second-order valence-electron chi connectivity index (χ2n) is 8.74. The van der Waals surface area contributed by atoms with E-state index >= 15 is 4.39 Å². The van der Waals surface area contributed by atoms with Gasteiger partial charge < -0.3 is 19.9 Å². The summed E-state index contributed by atoms with van der Waals surface area (Å²) in [5.74, 6) is 0.0298. The SMILES string of the molecule is CC(C)(F)COc1cc(F)c2c(c1)[C@]1(CCN=C(N)O1)c1cc(-c3cccnc3)ccc1O2. The minimum atomic E-state index is -1.58. The van der Waals surface area contributed by atoms with Gasteiger partial charge in [-0.2, -0.15) is 0 Å². The van der Waals surface area contributed by atoms with E-state index in [0.29, 0.717) is 29.8 Å². The van der Waals surface area contributed by atoms with E-state index in [1.54, 1.807) is 24.5 Å². The van der Waals surface area contributed by atoms with Crippen molar-refractivity contribution in [1.29, 1.82) is 0 Å². The van der Waals surface area contributed by atoms with Crippen LogP contribution in [0.15, 0.2) is 59.9 Å². The molecule has 170 valence electrons. The van der Waals surface area contributed by atoms with Gasteiger partial charge in [0, 0.05) is 48.1 Å². The van der Waals surface area contributed by atoms with E-state index in [1.165, 1.54) is 19.9 Å². The molecule has 0 unspecified atom stereocenters. The van der Waals surface area contributed by atoms with Crippen molar-refractivity contribution in [3.05, 3.63) is 71.8 Å². The summed E-state index contributed by atoms with van der Waals surface area (Å²) in [7, 11) is 0. The zero-order valence-corrected chi connectivity index (χ0v) is 18.3. The summed E-state index contributed by atoms with van der Waals surface area (Å²) in [6.07, 6.45) is 3.87. The van der Waals surface area contributed by atoms with Gasteiger partial charge in [0.1, 0.15) is 23.8 Å². The maximum absolute atomic E-state index is 15.2. The average molecular weight is 451 g/mol. The van der Waals surface area contributed by atoms with Gasteiger partial charge in [-0.15, -0.1) is 0 Å². The topological polar surface area (TPSA) is 79.0 Å². The molecule has 0 saturated carbocycles.